The van der Waals surface area contributed by atoms with Gasteiger partial charge in [-0.3, -0.25) is 9.59 Å². The smallest absolute Gasteiger partial charge is 0.328 e. The summed E-state index contributed by atoms with van der Waals surface area (Å²) in [6.07, 6.45) is 6.00. The molecule has 1 aliphatic rings. The third-order valence-corrected chi connectivity index (χ3v) is 4.97. The van der Waals surface area contributed by atoms with Gasteiger partial charge in [-0.25, -0.2) is 13.6 Å². The number of likely N-dealkylation sites (tertiary alicyclic amines) is 1. The Labute approximate surface area is 175 Å². The molecule has 162 valence electrons. The van der Waals surface area contributed by atoms with E-state index >= 15 is 0 Å². The van der Waals surface area contributed by atoms with Crippen molar-refractivity contribution < 1.29 is 27.9 Å². The van der Waals surface area contributed by atoms with E-state index in [9.17, 15) is 23.2 Å². The van der Waals surface area contributed by atoms with Crippen molar-refractivity contribution in [2.24, 2.45) is 5.92 Å². The highest BCUT2D eigenvalue weighted by Crippen LogP contribution is 2.25. The predicted molar refractivity (Wildman–Crippen MR) is 106 cm³/mol. The zero-order valence-corrected chi connectivity index (χ0v) is 17.1. The highest BCUT2D eigenvalue weighted by molar-refractivity contribution is 5.86. The first-order valence-electron chi connectivity index (χ1n) is 9.86. The number of nitrogens with one attached hydrogen (secondary N) is 1. The van der Waals surface area contributed by atoms with E-state index in [1.54, 1.807) is 13.8 Å². The molecular formula is C22H26F2N2O4. The summed E-state index contributed by atoms with van der Waals surface area (Å²) in [5, 5.41) is 2.65. The van der Waals surface area contributed by atoms with Crippen molar-refractivity contribution in [1.29, 1.82) is 0 Å². The summed E-state index contributed by atoms with van der Waals surface area (Å²) in [7, 11) is 0. The Kier molecular flexibility index (Phi) is 8.34. The van der Waals surface area contributed by atoms with Crippen LogP contribution in [0.25, 0.3) is 0 Å². The molecule has 0 radical (unpaired) electrons. The molecule has 1 aromatic rings. The molecule has 1 aromatic carbocycles. The standard InChI is InChI=1S/C22H26F2N2O4/c1-4-5-11-30-22(29)21(14(2)3)25-18(27)12-16-9-10-19(28)26(16)13-15-7-6-8-17(23)20(15)24/h1,6-8,14,16,21H,5,9-13H2,2-3H3,(H,25,27)/t16-,21-/m0/s1. The quantitative estimate of drug-likeness (QED) is 0.379. The summed E-state index contributed by atoms with van der Waals surface area (Å²) in [4.78, 5) is 38.4. The number of amides is 2. The van der Waals surface area contributed by atoms with Gasteiger partial charge >= 0.3 is 5.97 Å². The summed E-state index contributed by atoms with van der Waals surface area (Å²) in [5.74, 6) is -1.07. The molecule has 30 heavy (non-hydrogen) atoms. The maximum Gasteiger partial charge on any atom is 0.328 e. The fourth-order valence-electron chi connectivity index (χ4n) is 3.32. The molecule has 1 aliphatic heterocycles. The zero-order valence-electron chi connectivity index (χ0n) is 17.1. The average Bonchev–Trinajstić information content (AvgIpc) is 3.02. The average molecular weight is 420 g/mol. The molecule has 0 aliphatic carbocycles. The largest absolute Gasteiger partial charge is 0.463 e. The fraction of sp³-hybridized carbons (Fsp3) is 0.500. The lowest BCUT2D eigenvalue weighted by molar-refractivity contribution is -0.149. The van der Waals surface area contributed by atoms with Crippen LogP contribution in [0.15, 0.2) is 18.2 Å². The van der Waals surface area contributed by atoms with Crippen molar-refractivity contribution in [2.45, 2.75) is 58.2 Å². The number of halogens is 2. The number of ether oxygens (including phenoxy) is 1. The molecule has 0 bridgehead atoms. The maximum absolute atomic E-state index is 14.0. The molecule has 0 unspecified atom stereocenters. The number of carbonyl (C=O) groups is 3. The summed E-state index contributed by atoms with van der Waals surface area (Å²) in [6, 6.07) is 2.47. The Morgan fingerprint density at radius 3 is 2.77 bits per heavy atom. The van der Waals surface area contributed by atoms with E-state index in [1.165, 1.54) is 17.0 Å². The lowest BCUT2D eigenvalue weighted by Crippen LogP contribution is -2.47. The van der Waals surface area contributed by atoms with Gasteiger partial charge in [-0.2, -0.15) is 0 Å². The molecule has 6 nitrogen and oxygen atoms in total. The molecule has 0 saturated carbocycles. The van der Waals surface area contributed by atoms with Crippen LogP contribution in [0.5, 0.6) is 0 Å². The van der Waals surface area contributed by atoms with Gasteiger partial charge in [-0.15, -0.1) is 12.3 Å². The third-order valence-electron chi connectivity index (χ3n) is 4.97. The lowest BCUT2D eigenvalue weighted by Gasteiger charge is -2.26. The van der Waals surface area contributed by atoms with E-state index in [2.05, 4.69) is 11.2 Å². The molecule has 1 N–H and O–H groups in total. The molecule has 1 heterocycles. The minimum absolute atomic E-state index is 0.0489. The first kappa shape index (κ1) is 23.3. The topological polar surface area (TPSA) is 75.7 Å². The minimum atomic E-state index is -1.00. The summed E-state index contributed by atoms with van der Waals surface area (Å²) in [5.41, 5.74) is 0.0489. The number of hydrogen-bond donors (Lipinski definition) is 1. The molecule has 1 fully saturated rings. The number of rotatable bonds is 9. The van der Waals surface area contributed by atoms with Crippen molar-refractivity contribution in [3.8, 4) is 12.3 Å². The van der Waals surface area contributed by atoms with Gasteiger partial charge in [0.05, 0.1) is 0 Å². The van der Waals surface area contributed by atoms with Gasteiger partial charge < -0.3 is 15.0 Å². The van der Waals surface area contributed by atoms with Crippen LogP contribution in [-0.4, -0.2) is 41.4 Å². The number of terminal acetylenes is 1. The van der Waals surface area contributed by atoms with Crippen LogP contribution < -0.4 is 5.32 Å². The van der Waals surface area contributed by atoms with Gasteiger partial charge in [0.2, 0.25) is 11.8 Å². The maximum atomic E-state index is 14.0. The monoisotopic (exact) mass is 420 g/mol. The summed E-state index contributed by atoms with van der Waals surface area (Å²) >= 11 is 0. The van der Waals surface area contributed by atoms with Crippen LogP contribution in [0.1, 0.15) is 45.1 Å². The number of hydrogen-bond acceptors (Lipinski definition) is 4. The SMILES string of the molecule is C#CCCOC(=O)[C@@H](NC(=O)C[C@@H]1CCC(=O)N1Cc1cccc(F)c1F)C(C)C. The van der Waals surface area contributed by atoms with Crippen LogP contribution in [0, 0.1) is 29.9 Å². The third kappa shape index (κ3) is 6.02. The number of esters is 1. The van der Waals surface area contributed by atoms with Gasteiger partial charge in [0.15, 0.2) is 11.6 Å². The fourth-order valence-corrected chi connectivity index (χ4v) is 3.32. The summed E-state index contributed by atoms with van der Waals surface area (Å²) < 4.78 is 32.5. The molecule has 0 aromatic heterocycles. The zero-order chi connectivity index (χ0) is 22.3. The number of nitrogens with zero attached hydrogens (tertiary/aromatic N) is 1. The minimum Gasteiger partial charge on any atom is -0.463 e. The van der Waals surface area contributed by atoms with Crippen molar-refractivity contribution in [2.75, 3.05) is 6.61 Å². The van der Waals surface area contributed by atoms with Gasteiger partial charge in [0.1, 0.15) is 12.6 Å². The van der Waals surface area contributed by atoms with Gasteiger partial charge in [0.25, 0.3) is 0 Å². The van der Waals surface area contributed by atoms with Gasteiger partial charge in [-0.1, -0.05) is 26.0 Å². The van der Waals surface area contributed by atoms with Gasteiger partial charge in [-0.05, 0) is 18.4 Å². The molecule has 1 saturated heterocycles. The molecule has 2 rings (SSSR count). The van der Waals surface area contributed by atoms with Gasteiger partial charge in [0, 0.05) is 37.4 Å². The summed E-state index contributed by atoms with van der Waals surface area (Å²) in [6.45, 7) is 3.48. The number of carbonyl (C=O) groups excluding carboxylic acids is 3. The van der Waals surface area contributed by atoms with Crippen LogP contribution >= 0.6 is 0 Å². The van der Waals surface area contributed by atoms with Crippen molar-refractivity contribution in [3.05, 3.63) is 35.4 Å². The second kappa shape index (κ2) is 10.7. The Balaban J connectivity index is 2.01. The molecule has 8 heteroatoms. The first-order valence-corrected chi connectivity index (χ1v) is 9.86. The highest BCUT2D eigenvalue weighted by Gasteiger charge is 2.34. The molecule has 2 atom stereocenters. The van der Waals surface area contributed by atoms with E-state index in [-0.39, 0.29) is 49.8 Å². The Bertz CT molecular complexity index is 835. The van der Waals surface area contributed by atoms with E-state index in [0.717, 1.165) is 6.07 Å². The van der Waals surface area contributed by atoms with Crippen LogP contribution in [-0.2, 0) is 25.7 Å². The first-order chi connectivity index (χ1) is 14.2. The van der Waals surface area contributed by atoms with Crippen molar-refractivity contribution >= 4 is 17.8 Å². The van der Waals surface area contributed by atoms with Crippen molar-refractivity contribution in [1.82, 2.24) is 10.2 Å². The van der Waals surface area contributed by atoms with E-state index in [4.69, 9.17) is 11.2 Å². The van der Waals surface area contributed by atoms with E-state index in [1.807, 2.05) is 0 Å². The van der Waals surface area contributed by atoms with Crippen molar-refractivity contribution in [3.63, 3.8) is 0 Å². The normalized spacial score (nSPS) is 17.0. The van der Waals surface area contributed by atoms with Crippen LogP contribution in [0.3, 0.4) is 0 Å². The molecule has 0 spiro atoms. The Hall–Kier alpha value is -2.95. The highest BCUT2D eigenvalue weighted by atomic mass is 19.2. The lowest BCUT2D eigenvalue weighted by atomic mass is 10.0. The van der Waals surface area contributed by atoms with E-state index < -0.39 is 35.6 Å². The predicted octanol–water partition coefficient (Wildman–Crippen LogP) is 2.55. The van der Waals surface area contributed by atoms with E-state index in [0.29, 0.717) is 6.42 Å². The molecule has 2 amide bonds. The number of benzene rings is 1. The van der Waals surface area contributed by atoms with Crippen LogP contribution in [0.4, 0.5) is 8.78 Å². The Morgan fingerprint density at radius 2 is 2.10 bits per heavy atom. The second-order valence-corrected chi connectivity index (χ2v) is 7.54. The second-order valence-electron chi connectivity index (χ2n) is 7.54. The molecular weight excluding hydrogens is 394 g/mol. The Morgan fingerprint density at radius 1 is 1.37 bits per heavy atom. The van der Waals surface area contributed by atoms with Crippen LogP contribution in [0.2, 0.25) is 0 Å².